The summed E-state index contributed by atoms with van der Waals surface area (Å²) in [6.07, 6.45) is 3.99. The second kappa shape index (κ2) is 5.09. The van der Waals surface area contributed by atoms with Crippen LogP contribution in [0.5, 0.6) is 0 Å². The van der Waals surface area contributed by atoms with Gasteiger partial charge in [0.2, 0.25) is 10.0 Å². The zero-order valence-electron chi connectivity index (χ0n) is 10.3. The molecule has 4 nitrogen and oxygen atoms in total. The predicted octanol–water partition coefficient (Wildman–Crippen LogP) is 2.09. The van der Waals surface area contributed by atoms with Gasteiger partial charge < -0.3 is 0 Å². The van der Waals surface area contributed by atoms with Gasteiger partial charge in [0.05, 0.1) is 16.5 Å². The molecule has 1 N–H and O–H groups in total. The standard InChI is InChI=1S/C13H16N2O2S/c1-10-8-11(9-14)6-7-13(10)18(16,17)15-12-4-2-3-5-12/h6-8,12,15H,2-5H2,1H3. The highest BCUT2D eigenvalue weighted by molar-refractivity contribution is 7.89. The number of aryl methyl sites for hydroxylation is 1. The second-order valence-corrected chi connectivity index (χ2v) is 6.38. The van der Waals surface area contributed by atoms with E-state index >= 15 is 0 Å². The summed E-state index contributed by atoms with van der Waals surface area (Å²) in [6, 6.07) is 6.71. The summed E-state index contributed by atoms with van der Waals surface area (Å²) >= 11 is 0. The Morgan fingerprint density at radius 3 is 2.56 bits per heavy atom. The number of sulfonamides is 1. The molecule has 1 aliphatic rings. The first-order valence-electron chi connectivity index (χ1n) is 6.06. The number of hydrogen-bond donors (Lipinski definition) is 1. The van der Waals surface area contributed by atoms with Crippen molar-refractivity contribution < 1.29 is 8.42 Å². The molecular weight excluding hydrogens is 248 g/mol. The number of nitrogens with zero attached hydrogens (tertiary/aromatic N) is 1. The first kappa shape index (κ1) is 13.1. The van der Waals surface area contributed by atoms with Crippen molar-refractivity contribution in [1.82, 2.24) is 4.72 Å². The minimum Gasteiger partial charge on any atom is -0.208 e. The fourth-order valence-electron chi connectivity index (χ4n) is 2.35. The molecule has 1 aromatic rings. The second-order valence-electron chi connectivity index (χ2n) is 4.69. The number of rotatable bonds is 3. The molecule has 0 amide bonds. The lowest BCUT2D eigenvalue weighted by Crippen LogP contribution is -2.33. The smallest absolute Gasteiger partial charge is 0.208 e. The molecule has 96 valence electrons. The zero-order valence-corrected chi connectivity index (χ0v) is 11.1. The van der Waals surface area contributed by atoms with E-state index < -0.39 is 10.0 Å². The van der Waals surface area contributed by atoms with Gasteiger partial charge >= 0.3 is 0 Å². The lowest BCUT2D eigenvalue weighted by Gasteiger charge is -2.14. The molecular formula is C13H16N2O2S. The third kappa shape index (κ3) is 2.71. The first-order chi connectivity index (χ1) is 8.53. The molecule has 0 radical (unpaired) electrons. The molecule has 0 aliphatic heterocycles. The third-order valence-corrected chi connectivity index (χ3v) is 4.95. The van der Waals surface area contributed by atoms with Gasteiger partial charge in [-0.15, -0.1) is 0 Å². The number of nitrogens with one attached hydrogen (secondary N) is 1. The minimum absolute atomic E-state index is 0.0602. The van der Waals surface area contributed by atoms with Crippen molar-refractivity contribution in [3.05, 3.63) is 29.3 Å². The van der Waals surface area contributed by atoms with Gasteiger partial charge in [0, 0.05) is 6.04 Å². The van der Waals surface area contributed by atoms with Gasteiger partial charge in [-0.2, -0.15) is 5.26 Å². The molecule has 0 bridgehead atoms. The highest BCUT2D eigenvalue weighted by Gasteiger charge is 2.24. The van der Waals surface area contributed by atoms with Crippen molar-refractivity contribution in [1.29, 1.82) is 5.26 Å². The quantitative estimate of drug-likeness (QED) is 0.908. The molecule has 5 heteroatoms. The Labute approximate surface area is 108 Å². The van der Waals surface area contributed by atoms with E-state index in [0.29, 0.717) is 11.1 Å². The van der Waals surface area contributed by atoms with Crippen molar-refractivity contribution in [2.75, 3.05) is 0 Å². The highest BCUT2D eigenvalue weighted by Crippen LogP contribution is 2.22. The van der Waals surface area contributed by atoms with Crippen LogP contribution in [0.15, 0.2) is 23.1 Å². The predicted molar refractivity (Wildman–Crippen MR) is 68.5 cm³/mol. The molecule has 18 heavy (non-hydrogen) atoms. The van der Waals surface area contributed by atoms with E-state index in [4.69, 9.17) is 5.26 Å². The van der Waals surface area contributed by atoms with Crippen LogP contribution >= 0.6 is 0 Å². The molecule has 0 heterocycles. The van der Waals surface area contributed by atoms with Gasteiger partial charge in [0.1, 0.15) is 0 Å². The van der Waals surface area contributed by atoms with Crippen molar-refractivity contribution in [3.8, 4) is 6.07 Å². The molecule has 0 unspecified atom stereocenters. The molecule has 0 spiro atoms. The average Bonchev–Trinajstić information content (AvgIpc) is 2.80. The Morgan fingerprint density at radius 1 is 1.33 bits per heavy atom. The van der Waals surface area contributed by atoms with Crippen molar-refractivity contribution >= 4 is 10.0 Å². The summed E-state index contributed by atoms with van der Waals surface area (Å²) in [5, 5.41) is 8.77. The van der Waals surface area contributed by atoms with Crippen LogP contribution in [0.1, 0.15) is 36.8 Å². The summed E-state index contributed by atoms with van der Waals surface area (Å²) < 4.78 is 27.2. The van der Waals surface area contributed by atoms with Gasteiger partial charge in [-0.1, -0.05) is 12.8 Å². The van der Waals surface area contributed by atoms with Crippen LogP contribution in [0.3, 0.4) is 0 Å². The van der Waals surface area contributed by atoms with E-state index in [-0.39, 0.29) is 10.9 Å². The zero-order chi connectivity index (χ0) is 13.2. The summed E-state index contributed by atoms with van der Waals surface area (Å²) in [6.45, 7) is 1.71. The molecule has 0 saturated heterocycles. The number of benzene rings is 1. The third-order valence-electron chi connectivity index (χ3n) is 3.27. The van der Waals surface area contributed by atoms with Crippen LogP contribution in [0, 0.1) is 18.3 Å². The monoisotopic (exact) mass is 264 g/mol. The Bertz CT molecular complexity index is 581. The van der Waals surface area contributed by atoms with Gasteiger partial charge in [-0.05, 0) is 43.5 Å². The fraction of sp³-hybridized carbons (Fsp3) is 0.462. The van der Waals surface area contributed by atoms with Crippen molar-refractivity contribution in [3.63, 3.8) is 0 Å². The normalized spacial score (nSPS) is 16.7. The average molecular weight is 264 g/mol. The summed E-state index contributed by atoms with van der Waals surface area (Å²) in [4.78, 5) is 0.272. The Kier molecular flexibility index (Phi) is 3.69. The van der Waals surface area contributed by atoms with Crippen molar-refractivity contribution in [2.45, 2.75) is 43.5 Å². The van der Waals surface area contributed by atoms with Gasteiger partial charge in [0.25, 0.3) is 0 Å². The Morgan fingerprint density at radius 2 is 2.00 bits per heavy atom. The minimum atomic E-state index is -3.46. The Hall–Kier alpha value is -1.38. The van der Waals surface area contributed by atoms with Crippen LogP contribution < -0.4 is 4.72 Å². The Balaban J connectivity index is 2.27. The maximum absolute atomic E-state index is 12.2. The lowest BCUT2D eigenvalue weighted by molar-refractivity contribution is 0.551. The molecule has 1 aromatic carbocycles. The molecule has 1 fully saturated rings. The van der Waals surface area contributed by atoms with E-state index in [0.717, 1.165) is 25.7 Å². The topological polar surface area (TPSA) is 70.0 Å². The van der Waals surface area contributed by atoms with Crippen LogP contribution in [-0.2, 0) is 10.0 Å². The van der Waals surface area contributed by atoms with E-state index in [9.17, 15) is 8.42 Å². The summed E-state index contributed by atoms with van der Waals surface area (Å²) in [5.74, 6) is 0. The lowest BCUT2D eigenvalue weighted by atomic mass is 10.2. The number of nitriles is 1. The van der Waals surface area contributed by atoms with Gasteiger partial charge in [-0.25, -0.2) is 13.1 Å². The van der Waals surface area contributed by atoms with E-state index in [1.54, 1.807) is 13.0 Å². The molecule has 0 atom stereocenters. The summed E-state index contributed by atoms with van der Waals surface area (Å²) in [5.41, 5.74) is 1.09. The fourth-order valence-corrected chi connectivity index (χ4v) is 3.88. The number of hydrogen-bond acceptors (Lipinski definition) is 3. The first-order valence-corrected chi connectivity index (χ1v) is 7.54. The van der Waals surface area contributed by atoms with Gasteiger partial charge in [-0.3, -0.25) is 0 Å². The van der Waals surface area contributed by atoms with Crippen molar-refractivity contribution in [2.24, 2.45) is 0 Å². The van der Waals surface area contributed by atoms with Crippen LogP contribution in [0.4, 0.5) is 0 Å². The highest BCUT2D eigenvalue weighted by atomic mass is 32.2. The SMILES string of the molecule is Cc1cc(C#N)ccc1S(=O)(=O)NC1CCCC1. The largest absolute Gasteiger partial charge is 0.241 e. The van der Waals surface area contributed by atoms with E-state index in [1.165, 1.54) is 12.1 Å². The summed E-state index contributed by atoms with van der Waals surface area (Å²) in [7, 11) is -3.46. The molecule has 0 aromatic heterocycles. The van der Waals surface area contributed by atoms with Gasteiger partial charge in [0.15, 0.2) is 0 Å². The van der Waals surface area contributed by atoms with E-state index in [1.807, 2.05) is 6.07 Å². The molecule has 1 aliphatic carbocycles. The van der Waals surface area contributed by atoms with Crippen LogP contribution in [-0.4, -0.2) is 14.5 Å². The molecule has 2 rings (SSSR count). The maximum Gasteiger partial charge on any atom is 0.241 e. The van der Waals surface area contributed by atoms with E-state index in [2.05, 4.69) is 4.72 Å². The maximum atomic E-state index is 12.2. The van der Waals surface area contributed by atoms with Crippen LogP contribution in [0.2, 0.25) is 0 Å². The van der Waals surface area contributed by atoms with Crippen LogP contribution in [0.25, 0.3) is 0 Å². The molecule has 1 saturated carbocycles.